The van der Waals surface area contributed by atoms with E-state index in [0.717, 1.165) is 21.5 Å². The van der Waals surface area contributed by atoms with E-state index in [1.165, 1.54) is 6.07 Å². The van der Waals surface area contributed by atoms with Crippen molar-refractivity contribution < 1.29 is 9.53 Å². The molecule has 0 bridgehead atoms. The molecule has 3 rings (SSSR count). The fraction of sp³-hybridized carbons (Fsp3) is 0.200. The molecule has 1 N–H and O–H groups in total. The molecule has 2 aromatic carbocycles. The summed E-state index contributed by atoms with van der Waals surface area (Å²) >= 11 is 1.61. The van der Waals surface area contributed by atoms with Gasteiger partial charge in [0.05, 0.1) is 5.52 Å². The normalized spacial score (nSPS) is 10.7. The first-order valence-electron chi connectivity index (χ1n) is 8.31. The molecule has 0 fully saturated rings. The molecule has 0 radical (unpaired) electrons. The summed E-state index contributed by atoms with van der Waals surface area (Å²) in [6, 6.07) is 16.6. The number of aryl methyl sites for hydroxylation is 1. The van der Waals surface area contributed by atoms with Gasteiger partial charge in [-0.15, -0.1) is 11.8 Å². The van der Waals surface area contributed by atoms with E-state index in [1.807, 2.05) is 61.7 Å². The maximum Gasteiger partial charge on any atom is 0.262 e. The Morgan fingerprint density at radius 1 is 1.15 bits per heavy atom. The molecule has 0 atom stereocenters. The van der Waals surface area contributed by atoms with Crippen molar-refractivity contribution in [2.45, 2.75) is 18.4 Å². The second-order valence-electron chi connectivity index (χ2n) is 5.68. The van der Waals surface area contributed by atoms with E-state index in [1.54, 1.807) is 16.3 Å². The number of anilines is 1. The van der Waals surface area contributed by atoms with Crippen LogP contribution in [0.2, 0.25) is 0 Å². The van der Waals surface area contributed by atoms with Crippen LogP contribution in [0, 0.1) is 0 Å². The average Bonchev–Trinajstić information content (AvgIpc) is 2.66. The zero-order valence-corrected chi connectivity index (χ0v) is 15.5. The molecular weight excluding hydrogens is 348 g/mol. The Labute approximate surface area is 156 Å². The maximum atomic E-state index is 12.3. The summed E-state index contributed by atoms with van der Waals surface area (Å²) in [7, 11) is 0. The molecule has 3 aromatic rings. The summed E-state index contributed by atoms with van der Waals surface area (Å²) in [5.41, 5.74) is 1.37. The van der Waals surface area contributed by atoms with Crippen molar-refractivity contribution in [1.29, 1.82) is 0 Å². The van der Waals surface area contributed by atoms with E-state index >= 15 is 0 Å². The lowest BCUT2D eigenvalue weighted by Crippen LogP contribution is -2.22. The van der Waals surface area contributed by atoms with Crippen LogP contribution in [0.4, 0.5) is 5.69 Å². The van der Waals surface area contributed by atoms with Crippen LogP contribution in [0.25, 0.3) is 10.9 Å². The molecule has 134 valence electrons. The van der Waals surface area contributed by atoms with E-state index in [-0.39, 0.29) is 18.1 Å². The van der Waals surface area contributed by atoms with Crippen LogP contribution < -0.4 is 15.6 Å². The van der Waals surface area contributed by atoms with Crippen LogP contribution in [-0.2, 0) is 11.3 Å². The lowest BCUT2D eigenvalue weighted by atomic mass is 10.2. The van der Waals surface area contributed by atoms with Gasteiger partial charge < -0.3 is 14.6 Å². The van der Waals surface area contributed by atoms with Crippen molar-refractivity contribution in [2.24, 2.45) is 0 Å². The minimum atomic E-state index is -0.271. The average molecular weight is 368 g/mol. The molecular formula is C20H20N2O3S. The highest BCUT2D eigenvalue weighted by molar-refractivity contribution is 7.98. The highest BCUT2D eigenvalue weighted by atomic mass is 32.2. The summed E-state index contributed by atoms with van der Waals surface area (Å²) in [6.45, 7) is 2.33. The van der Waals surface area contributed by atoms with Gasteiger partial charge in [-0.2, -0.15) is 0 Å². The summed E-state index contributed by atoms with van der Waals surface area (Å²) in [5.74, 6) is 0.148. The van der Waals surface area contributed by atoms with Gasteiger partial charge in [0.25, 0.3) is 11.5 Å². The van der Waals surface area contributed by atoms with E-state index < -0.39 is 0 Å². The van der Waals surface area contributed by atoms with Crippen molar-refractivity contribution in [3.63, 3.8) is 0 Å². The standard InChI is InChI=1S/C20H20N2O3S/c1-3-22-17-10-5-4-9-16(17)18(12-20(22)24)25-13-19(23)21-14-7-6-8-15(11-14)26-2/h4-12H,3,13H2,1-2H3,(H,21,23). The summed E-state index contributed by atoms with van der Waals surface area (Å²) in [6.07, 6.45) is 1.98. The van der Waals surface area contributed by atoms with Crippen molar-refractivity contribution in [1.82, 2.24) is 4.57 Å². The van der Waals surface area contributed by atoms with Gasteiger partial charge in [-0.05, 0) is 43.5 Å². The number of fused-ring (bicyclic) bond motifs is 1. The third kappa shape index (κ3) is 3.91. The Balaban J connectivity index is 1.77. The molecule has 0 aliphatic rings. The van der Waals surface area contributed by atoms with Crippen LogP contribution in [0.3, 0.4) is 0 Å². The number of thioether (sulfide) groups is 1. The monoisotopic (exact) mass is 368 g/mol. The Bertz CT molecular complexity index is 998. The number of nitrogens with zero attached hydrogens (tertiary/aromatic N) is 1. The van der Waals surface area contributed by atoms with Crippen LogP contribution >= 0.6 is 11.8 Å². The summed E-state index contributed by atoms with van der Waals surface area (Å²) in [4.78, 5) is 25.5. The lowest BCUT2D eigenvalue weighted by Gasteiger charge is -2.13. The highest BCUT2D eigenvalue weighted by Gasteiger charge is 2.11. The topological polar surface area (TPSA) is 60.3 Å². The molecule has 5 nitrogen and oxygen atoms in total. The van der Waals surface area contributed by atoms with Gasteiger partial charge in [-0.25, -0.2) is 0 Å². The third-order valence-electron chi connectivity index (χ3n) is 4.01. The molecule has 6 heteroatoms. The van der Waals surface area contributed by atoms with Crippen LogP contribution in [0.1, 0.15) is 6.92 Å². The Morgan fingerprint density at radius 3 is 2.73 bits per heavy atom. The molecule has 0 saturated heterocycles. The van der Waals surface area contributed by atoms with E-state index in [0.29, 0.717) is 12.3 Å². The van der Waals surface area contributed by atoms with E-state index in [9.17, 15) is 9.59 Å². The molecule has 0 unspecified atom stereocenters. The highest BCUT2D eigenvalue weighted by Crippen LogP contribution is 2.24. The summed E-state index contributed by atoms with van der Waals surface area (Å²) in [5, 5.41) is 3.62. The van der Waals surface area contributed by atoms with Gasteiger partial charge in [0.1, 0.15) is 5.75 Å². The Hall–Kier alpha value is -2.73. The predicted molar refractivity (Wildman–Crippen MR) is 106 cm³/mol. The van der Waals surface area contributed by atoms with Crippen molar-refractivity contribution >= 4 is 34.3 Å². The first-order chi connectivity index (χ1) is 12.6. The SMILES string of the molecule is CCn1c(=O)cc(OCC(=O)Nc2cccc(SC)c2)c2ccccc21. The number of nitrogens with one attached hydrogen (secondary N) is 1. The number of carbonyl (C=O) groups is 1. The van der Waals surface area contributed by atoms with Gasteiger partial charge in [-0.1, -0.05) is 18.2 Å². The van der Waals surface area contributed by atoms with Gasteiger partial charge in [0.2, 0.25) is 0 Å². The number of amides is 1. The zero-order valence-electron chi connectivity index (χ0n) is 14.7. The van der Waals surface area contributed by atoms with Crippen molar-refractivity contribution in [3.05, 3.63) is 65.0 Å². The fourth-order valence-corrected chi connectivity index (χ4v) is 3.25. The number of carbonyl (C=O) groups excluding carboxylic acids is 1. The lowest BCUT2D eigenvalue weighted by molar-refractivity contribution is -0.118. The number of pyridine rings is 1. The van der Waals surface area contributed by atoms with Gasteiger partial charge >= 0.3 is 0 Å². The molecule has 1 heterocycles. The van der Waals surface area contributed by atoms with Crippen LogP contribution in [0.5, 0.6) is 5.75 Å². The smallest absolute Gasteiger partial charge is 0.262 e. The number of benzene rings is 2. The second kappa shape index (κ2) is 8.10. The molecule has 0 aliphatic carbocycles. The van der Waals surface area contributed by atoms with Crippen molar-refractivity contribution in [2.75, 3.05) is 18.2 Å². The minimum absolute atomic E-state index is 0.144. The number of rotatable bonds is 6. The second-order valence-corrected chi connectivity index (χ2v) is 6.56. The number of hydrogen-bond donors (Lipinski definition) is 1. The number of aromatic nitrogens is 1. The van der Waals surface area contributed by atoms with Gasteiger partial charge in [-0.3, -0.25) is 9.59 Å². The Kier molecular flexibility index (Phi) is 5.63. The predicted octanol–water partition coefficient (Wildman–Crippen LogP) is 3.76. The van der Waals surface area contributed by atoms with Crippen molar-refractivity contribution in [3.8, 4) is 5.75 Å². The fourth-order valence-electron chi connectivity index (χ4n) is 2.79. The first kappa shape index (κ1) is 18.1. The summed E-state index contributed by atoms with van der Waals surface area (Å²) < 4.78 is 7.34. The van der Waals surface area contributed by atoms with Gasteiger partial charge in [0, 0.05) is 28.6 Å². The molecule has 0 aliphatic heterocycles. The van der Waals surface area contributed by atoms with Crippen LogP contribution in [-0.4, -0.2) is 23.3 Å². The quantitative estimate of drug-likeness (QED) is 0.673. The number of ether oxygens (including phenoxy) is 1. The molecule has 1 amide bonds. The number of para-hydroxylation sites is 1. The van der Waals surface area contributed by atoms with E-state index in [4.69, 9.17) is 4.74 Å². The molecule has 26 heavy (non-hydrogen) atoms. The van der Waals surface area contributed by atoms with Crippen LogP contribution in [0.15, 0.2) is 64.3 Å². The largest absolute Gasteiger partial charge is 0.483 e. The first-order valence-corrected chi connectivity index (χ1v) is 9.54. The molecule has 1 aromatic heterocycles. The Morgan fingerprint density at radius 2 is 1.96 bits per heavy atom. The molecule has 0 saturated carbocycles. The third-order valence-corrected chi connectivity index (χ3v) is 4.73. The number of hydrogen-bond acceptors (Lipinski definition) is 4. The van der Waals surface area contributed by atoms with E-state index in [2.05, 4.69) is 5.32 Å². The zero-order chi connectivity index (χ0) is 18.5. The minimum Gasteiger partial charge on any atom is -0.483 e. The molecule has 0 spiro atoms. The van der Waals surface area contributed by atoms with Gasteiger partial charge in [0.15, 0.2) is 6.61 Å². The maximum absolute atomic E-state index is 12.3.